The largest absolute Gasteiger partial charge is 0.480 e. The fraction of sp³-hybridized carbons (Fsp3) is 0.846. The molecule has 1 N–H and O–H groups in total. The molecular formula is C13H24N2O4. The Bertz CT molecular complexity index is 322. The predicted octanol–water partition coefficient (Wildman–Crippen LogP) is 1.26. The monoisotopic (exact) mass is 272 g/mol. The number of carbonyl (C=O) groups is 2. The third kappa shape index (κ3) is 4.09. The van der Waals surface area contributed by atoms with Crippen molar-refractivity contribution in [3.8, 4) is 0 Å². The number of ether oxygens (including phenoxy) is 1. The number of urea groups is 1. The molecule has 1 aliphatic heterocycles. The van der Waals surface area contributed by atoms with Crippen LogP contribution in [0, 0.1) is 5.92 Å². The molecule has 0 radical (unpaired) electrons. The van der Waals surface area contributed by atoms with Gasteiger partial charge in [-0.15, -0.1) is 0 Å². The molecule has 6 nitrogen and oxygen atoms in total. The standard InChI is InChI=1S/C13H24N2O4/c1-4-10(3)8-14(5-2)13(18)15-6-7-19-9-11(15)12(16)17/h10-11H,4-9H2,1-3H3,(H,16,17). The number of carbonyl (C=O) groups excluding carboxylic acids is 1. The van der Waals surface area contributed by atoms with Crippen LogP contribution in [0.1, 0.15) is 27.2 Å². The van der Waals surface area contributed by atoms with E-state index in [1.807, 2.05) is 6.92 Å². The van der Waals surface area contributed by atoms with Crippen molar-refractivity contribution < 1.29 is 19.4 Å². The lowest BCUT2D eigenvalue weighted by Gasteiger charge is -2.37. The van der Waals surface area contributed by atoms with Crippen molar-refractivity contribution in [2.24, 2.45) is 5.92 Å². The fourth-order valence-electron chi connectivity index (χ4n) is 2.07. The third-order valence-electron chi connectivity index (χ3n) is 3.54. The number of rotatable bonds is 5. The van der Waals surface area contributed by atoms with E-state index in [0.29, 0.717) is 32.2 Å². The average Bonchev–Trinajstić information content (AvgIpc) is 2.43. The van der Waals surface area contributed by atoms with E-state index in [1.54, 1.807) is 4.90 Å². The van der Waals surface area contributed by atoms with Gasteiger partial charge < -0.3 is 19.6 Å². The van der Waals surface area contributed by atoms with Gasteiger partial charge in [-0.25, -0.2) is 9.59 Å². The highest BCUT2D eigenvalue weighted by atomic mass is 16.5. The van der Waals surface area contributed by atoms with Crippen LogP contribution in [0.4, 0.5) is 4.79 Å². The normalized spacial score (nSPS) is 21.0. The second-order valence-electron chi connectivity index (χ2n) is 4.96. The fourth-order valence-corrected chi connectivity index (χ4v) is 2.07. The van der Waals surface area contributed by atoms with Crippen molar-refractivity contribution in [1.29, 1.82) is 0 Å². The number of morpholine rings is 1. The zero-order chi connectivity index (χ0) is 14.4. The van der Waals surface area contributed by atoms with Crippen LogP contribution in [0.15, 0.2) is 0 Å². The summed E-state index contributed by atoms with van der Waals surface area (Å²) in [5.41, 5.74) is 0. The van der Waals surface area contributed by atoms with Crippen LogP contribution in [-0.4, -0.2) is 65.8 Å². The van der Waals surface area contributed by atoms with Crippen molar-refractivity contribution in [2.45, 2.75) is 33.2 Å². The Hall–Kier alpha value is -1.30. The van der Waals surface area contributed by atoms with Crippen LogP contribution in [0.25, 0.3) is 0 Å². The van der Waals surface area contributed by atoms with Crippen LogP contribution < -0.4 is 0 Å². The van der Waals surface area contributed by atoms with Crippen molar-refractivity contribution in [3.05, 3.63) is 0 Å². The number of carboxylic acid groups (broad SMARTS) is 1. The van der Waals surface area contributed by atoms with Gasteiger partial charge in [-0.1, -0.05) is 20.3 Å². The lowest BCUT2D eigenvalue weighted by molar-refractivity contribution is -0.147. The number of nitrogens with zero attached hydrogens (tertiary/aromatic N) is 2. The van der Waals surface area contributed by atoms with Crippen molar-refractivity contribution >= 4 is 12.0 Å². The summed E-state index contributed by atoms with van der Waals surface area (Å²) in [6.45, 7) is 8.14. The Morgan fingerprint density at radius 2 is 2.16 bits per heavy atom. The number of aliphatic carboxylic acids is 1. The van der Waals surface area contributed by atoms with Crippen molar-refractivity contribution in [3.63, 3.8) is 0 Å². The second-order valence-corrected chi connectivity index (χ2v) is 4.96. The number of hydrogen-bond donors (Lipinski definition) is 1. The third-order valence-corrected chi connectivity index (χ3v) is 3.54. The first-order valence-corrected chi connectivity index (χ1v) is 6.87. The molecule has 6 heteroatoms. The van der Waals surface area contributed by atoms with E-state index in [9.17, 15) is 9.59 Å². The van der Waals surface area contributed by atoms with E-state index >= 15 is 0 Å². The molecule has 1 aliphatic rings. The minimum absolute atomic E-state index is 0.0714. The summed E-state index contributed by atoms with van der Waals surface area (Å²) in [6.07, 6.45) is 0.995. The first-order valence-electron chi connectivity index (χ1n) is 6.87. The molecule has 1 rings (SSSR count). The van der Waals surface area contributed by atoms with E-state index in [2.05, 4.69) is 13.8 Å². The molecular weight excluding hydrogens is 248 g/mol. The van der Waals surface area contributed by atoms with Crippen molar-refractivity contribution in [1.82, 2.24) is 9.80 Å². The molecule has 1 heterocycles. The topological polar surface area (TPSA) is 70.1 Å². The minimum Gasteiger partial charge on any atom is -0.480 e. The number of amides is 2. The molecule has 19 heavy (non-hydrogen) atoms. The van der Waals surface area contributed by atoms with Gasteiger partial charge in [0.05, 0.1) is 13.2 Å². The number of carboxylic acids is 1. The van der Waals surface area contributed by atoms with E-state index < -0.39 is 12.0 Å². The lowest BCUT2D eigenvalue weighted by atomic mass is 10.1. The van der Waals surface area contributed by atoms with Crippen LogP contribution in [0.3, 0.4) is 0 Å². The minimum atomic E-state index is -1.01. The van der Waals surface area contributed by atoms with E-state index in [4.69, 9.17) is 9.84 Å². The summed E-state index contributed by atoms with van der Waals surface area (Å²) >= 11 is 0. The van der Waals surface area contributed by atoms with Gasteiger partial charge in [-0.3, -0.25) is 0 Å². The summed E-state index contributed by atoms with van der Waals surface area (Å²) < 4.78 is 5.15. The van der Waals surface area contributed by atoms with Crippen LogP contribution in [0.2, 0.25) is 0 Å². The van der Waals surface area contributed by atoms with Gasteiger partial charge in [0.25, 0.3) is 0 Å². The highest BCUT2D eigenvalue weighted by molar-refractivity contribution is 5.83. The van der Waals surface area contributed by atoms with Gasteiger partial charge in [0.2, 0.25) is 0 Å². The maximum Gasteiger partial charge on any atom is 0.328 e. The van der Waals surface area contributed by atoms with Gasteiger partial charge in [-0.05, 0) is 12.8 Å². The molecule has 0 aromatic heterocycles. The van der Waals surface area contributed by atoms with Gasteiger partial charge in [0.1, 0.15) is 0 Å². The summed E-state index contributed by atoms with van der Waals surface area (Å²) in [5, 5.41) is 9.15. The first kappa shape index (κ1) is 15.8. The first-order chi connectivity index (χ1) is 9.01. The zero-order valence-corrected chi connectivity index (χ0v) is 12.0. The molecule has 0 aliphatic carbocycles. The van der Waals surface area contributed by atoms with E-state index in [-0.39, 0.29) is 12.6 Å². The zero-order valence-electron chi connectivity index (χ0n) is 12.0. The van der Waals surface area contributed by atoms with Gasteiger partial charge in [0.15, 0.2) is 6.04 Å². The Kier molecular flexibility index (Phi) is 6.08. The van der Waals surface area contributed by atoms with E-state index in [0.717, 1.165) is 6.42 Å². The number of hydrogen-bond acceptors (Lipinski definition) is 3. The van der Waals surface area contributed by atoms with Crippen LogP contribution >= 0.6 is 0 Å². The Morgan fingerprint density at radius 1 is 1.47 bits per heavy atom. The molecule has 2 amide bonds. The van der Waals surface area contributed by atoms with E-state index in [1.165, 1.54) is 4.90 Å². The molecule has 2 atom stereocenters. The molecule has 0 saturated carbocycles. The maximum absolute atomic E-state index is 12.4. The molecule has 0 aromatic rings. The quantitative estimate of drug-likeness (QED) is 0.818. The highest BCUT2D eigenvalue weighted by Gasteiger charge is 2.34. The Labute approximate surface area is 114 Å². The molecule has 1 saturated heterocycles. The van der Waals surface area contributed by atoms with Crippen molar-refractivity contribution in [2.75, 3.05) is 32.8 Å². The predicted molar refractivity (Wildman–Crippen MR) is 71.0 cm³/mol. The molecule has 1 fully saturated rings. The second kappa shape index (κ2) is 7.33. The summed E-state index contributed by atoms with van der Waals surface area (Å²) in [4.78, 5) is 26.7. The molecule has 2 unspecified atom stereocenters. The molecule has 110 valence electrons. The average molecular weight is 272 g/mol. The highest BCUT2D eigenvalue weighted by Crippen LogP contribution is 2.13. The van der Waals surface area contributed by atoms with Gasteiger partial charge in [0, 0.05) is 19.6 Å². The molecule has 0 spiro atoms. The SMILES string of the molecule is CCC(C)CN(CC)C(=O)N1CCOCC1C(=O)O. The Morgan fingerprint density at radius 3 is 2.68 bits per heavy atom. The van der Waals surface area contributed by atoms with Crippen LogP contribution in [0.5, 0.6) is 0 Å². The smallest absolute Gasteiger partial charge is 0.328 e. The maximum atomic E-state index is 12.4. The van der Waals surface area contributed by atoms with Gasteiger partial charge >= 0.3 is 12.0 Å². The Balaban J connectivity index is 2.73. The summed E-state index contributed by atoms with van der Waals surface area (Å²) in [6, 6.07) is -1.06. The molecule has 0 bridgehead atoms. The van der Waals surface area contributed by atoms with Gasteiger partial charge in [-0.2, -0.15) is 0 Å². The van der Waals surface area contributed by atoms with Crippen LogP contribution in [-0.2, 0) is 9.53 Å². The summed E-state index contributed by atoms with van der Waals surface area (Å²) in [5.74, 6) is -0.596. The lowest BCUT2D eigenvalue weighted by Crippen LogP contribution is -2.57. The summed E-state index contributed by atoms with van der Waals surface area (Å²) in [7, 11) is 0. The molecule has 0 aromatic carbocycles.